The Hall–Kier alpha value is -3.22. The van der Waals surface area contributed by atoms with Crippen molar-refractivity contribution in [1.29, 1.82) is 0 Å². The molecule has 0 aromatic heterocycles. The molecule has 134 valence electrons. The van der Waals surface area contributed by atoms with E-state index in [9.17, 15) is 9.59 Å². The van der Waals surface area contributed by atoms with Gasteiger partial charge in [0.05, 0.1) is 7.11 Å². The highest BCUT2D eigenvalue weighted by molar-refractivity contribution is 6.13. The topological polar surface area (TPSA) is 77.1 Å². The number of benzene rings is 2. The summed E-state index contributed by atoms with van der Waals surface area (Å²) >= 11 is 0. The van der Waals surface area contributed by atoms with Gasteiger partial charge in [-0.25, -0.2) is 0 Å². The van der Waals surface area contributed by atoms with Gasteiger partial charge in [0.25, 0.3) is 0 Å². The van der Waals surface area contributed by atoms with E-state index in [2.05, 4.69) is 5.32 Å². The van der Waals surface area contributed by atoms with Crippen LogP contribution in [0.2, 0.25) is 0 Å². The number of carbonyl (C=O) groups is 2. The van der Waals surface area contributed by atoms with Gasteiger partial charge in [-0.15, -0.1) is 0 Å². The van der Waals surface area contributed by atoms with E-state index in [4.69, 9.17) is 14.2 Å². The first-order valence-electron chi connectivity index (χ1n) is 8.31. The number of carbonyl (C=O) groups excluding carboxylic acids is 2. The summed E-state index contributed by atoms with van der Waals surface area (Å²) in [5, 5.41) is 2.79. The van der Waals surface area contributed by atoms with Crippen molar-refractivity contribution in [3.8, 4) is 17.2 Å². The van der Waals surface area contributed by atoms with Crippen molar-refractivity contribution < 1.29 is 23.8 Å². The normalized spacial score (nSPS) is 18.1. The Labute approximate surface area is 150 Å². The lowest BCUT2D eigenvalue weighted by atomic mass is 10.1. The molecular formula is C19H18N2O5. The van der Waals surface area contributed by atoms with Crippen molar-refractivity contribution in [3.05, 3.63) is 42.5 Å². The van der Waals surface area contributed by atoms with Gasteiger partial charge in [0.1, 0.15) is 11.7 Å². The molecule has 26 heavy (non-hydrogen) atoms. The smallest absolute Gasteiger partial charge is 0.239 e. The Balaban J connectivity index is 1.45. The largest absolute Gasteiger partial charge is 0.497 e. The number of nitrogens with zero attached hydrogens (tertiary/aromatic N) is 1. The molecule has 0 saturated carbocycles. The van der Waals surface area contributed by atoms with E-state index in [-0.39, 0.29) is 18.6 Å². The van der Waals surface area contributed by atoms with Crippen LogP contribution in [-0.4, -0.2) is 32.3 Å². The summed E-state index contributed by atoms with van der Waals surface area (Å²) < 4.78 is 15.7. The number of rotatable bonds is 4. The summed E-state index contributed by atoms with van der Waals surface area (Å²) in [4.78, 5) is 26.8. The highest BCUT2D eigenvalue weighted by atomic mass is 16.7. The van der Waals surface area contributed by atoms with E-state index in [1.165, 1.54) is 0 Å². The number of ether oxygens (including phenoxy) is 3. The molecule has 0 radical (unpaired) electrons. The quantitative estimate of drug-likeness (QED) is 0.854. The number of amides is 2. The Morgan fingerprint density at radius 2 is 1.92 bits per heavy atom. The van der Waals surface area contributed by atoms with Crippen molar-refractivity contribution in [2.45, 2.75) is 6.42 Å². The van der Waals surface area contributed by atoms with Crippen LogP contribution < -0.4 is 24.4 Å². The van der Waals surface area contributed by atoms with Crippen molar-refractivity contribution in [1.82, 2.24) is 0 Å². The molecule has 7 heteroatoms. The van der Waals surface area contributed by atoms with Gasteiger partial charge in [-0.1, -0.05) is 0 Å². The average Bonchev–Trinajstić information content (AvgIpc) is 3.28. The SMILES string of the molecule is COc1ccc(NC(=O)C2CCN(c3ccc4c(c3)OCO4)C2=O)cc1. The number of nitrogens with one attached hydrogen (secondary N) is 1. The van der Waals surface area contributed by atoms with E-state index in [1.54, 1.807) is 54.5 Å². The van der Waals surface area contributed by atoms with Crippen molar-refractivity contribution >= 4 is 23.2 Å². The molecule has 1 atom stereocenters. The summed E-state index contributed by atoms with van der Waals surface area (Å²) in [5.41, 5.74) is 1.34. The van der Waals surface area contributed by atoms with Crippen LogP contribution in [0.3, 0.4) is 0 Å². The molecule has 2 amide bonds. The first-order chi connectivity index (χ1) is 12.7. The summed E-state index contributed by atoms with van der Waals surface area (Å²) in [7, 11) is 1.58. The molecule has 0 aliphatic carbocycles. The highest BCUT2D eigenvalue weighted by Crippen LogP contribution is 2.37. The monoisotopic (exact) mass is 354 g/mol. The van der Waals surface area contributed by atoms with E-state index in [0.29, 0.717) is 41.6 Å². The molecule has 1 fully saturated rings. The van der Waals surface area contributed by atoms with Crippen LogP contribution in [0.1, 0.15) is 6.42 Å². The van der Waals surface area contributed by atoms with Crippen molar-refractivity contribution in [3.63, 3.8) is 0 Å². The van der Waals surface area contributed by atoms with Crippen LogP contribution in [0.5, 0.6) is 17.2 Å². The van der Waals surface area contributed by atoms with E-state index in [0.717, 1.165) is 0 Å². The zero-order valence-electron chi connectivity index (χ0n) is 14.2. The van der Waals surface area contributed by atoms with Gasteiger partial charge >= 0.3 is 0 Å². The van der Waals surface area contributed by atoms with Crippen LogP contribution >= 0.6 is 0 Å². The number of methoxy groups -OCH3 is 1. The molecule has 2 aromatic rings. The average molecular weight is 354 g/mol. The molecule has 1 N–H and O–H groups in total. The van der Waals surface area contributed by atoms with Crippen molar-refractivity contribution in [2.75, 3.05) is 30.7 Å². The molecule has 7 nitrogen and oxygen atoms in total. The molecule has 2 heterocycles. The Morgan fingerprint density at radius 3 is 2.69 bits per heavy atom. The van der Waals surface area contributed by atoms with Crippen LogP contribution in [0.15, 0.2) is 42.5 Å². The molecule has 4 rings (SSSR count). The predicted octanol–water partition coefficient (Wildman–Crippen LogP) is 2.42. The first-order valence-corrected chi connectivity index (χ1v) is 8.31. The van der Waals surface area contributed by atoms with Crippen LogP contribution in [0.4, 0.5) is 11.4 Å². The van der Waals surface area contributed by atoms with E-state index in [1.807, 2.05) is 0 Å². The zero-order chi connectivity index (χ0) is 18.1. The molecule has 2 aromatic carbocycles. The number of hydrogen-bond donors (Lipinski definition) is 1. The third kappa shape index (κ3) is 2.92. The maximum atomic E-state index is 12.7. The minimum absolute atomic E-state index is 0.180. The first kappa shape index (κ1) is 16.3. The number of hydrogen-bond acceptors (Lipinski definition) is 5. The van der Waals surface area contributed by atoms with Gasteiger partial charge in [-0.05, 0) is 42.8 Å². The maximum Gasteiger partial charge on any atom is 0.239 e. The molecule has 1 saturated heterocycles. The Kier molecular flexibility index (Phi) is 4.12. The van der Waals surface area contributed by atoms with E-state index < -0.39 is 5.92 Å². The van der Waals surface area contributed by atoms with Crippen LogP contribution in [0.25, 0.3) is 0 Å². The Morgan fingerprint density at radius 1 is 1.15 bits per heavy atom. The lowest BCUT2D eigenvalue weighted by Gasteiger charge is -2.17. The van der Waals surface area contributed by atoms with E-state index >= 15 is 0 Å². The fourth-order valence-electron chi connectivity index (χ4n) is 3.14. The van der Waals surface area contributed by atoms with Gasteiger partial charge in [0, 0.05) is 24.0 Å². The second-order valence-corrected chi connectivity index (χ2v) is 6.09. The lowest BCUT2D eigenvalue weighted by molar-refractivity contribution is -0.129. The van der Waals surface area contributed by atoms with Gasteiger partial charge in [-0.3, -0.25) is 9.59 Å². The number of anilines is 2. The predicted molar refractivity (Wildman–Crippen MR) is 94.6 cm³/mol. The maximum absolute atomic E-state index is 12.7. The summed E-state index contributed by atoms with van der Waals surface area (Å²) in [6.45, 7) is 0.665. The summed E-state index contributed by atoms with van der Waals surface area (Å²) in [6.07, 6.45) is 0.468. The minimum atomic E-state index is -0.706. The standard InChI is InChI=1S/C19H18N2O5/c1-24-14-5-2-12(3-6-14)20-18(22)15-8-9-21(19(15)23)13-4-7-16-17(10-13)26-11-25-16/h2-7,10,15H,8-9,11H2,1H3,(H,20,22). The second-order valence-electron chi connectivity index (χ2n) is 6.09. The fraction of sp³-hybridized carbons (Fsp3) is 0.263. The van der Waals surface area contributed by atoms with Crippen molar-refractivity contribution in [2.24, 2.45) is 5.92 Å². The third-order valence-corrected chi connectivity index (χ3v) is 4.55. The molecule has 0 spiro atoms. The Bertz CT molecular complexity index is 850. The molecule has 0 bridgehead atoms. The lowest BCUT2D eigenvalue weighted by Crippen LogP contribution is -2.33. The summed E-state index contributed by atoms with van der Waals surface area (Å²) in [6, 6.07) is 12.3. The summed E-state index contributed by atoms with van der Waals surface area (Å²) in [5.74, 6) is 0.755. The third-order valence-electron chi connectivity index (χ3n) is 4.55. The molecule has 1 unspecified atom stereocenters. The van der Waals surface area contributed by atoms with Gasteiger partial charge in [0.2, 0.25) is 18.6 Å². The number of fused-ring (bicyclic) bond motifs is 1. The van der Waals surface area contributed by atoms with Crippen LogP contribution in [-0.2, 0) is 9.59 Å². The fourth-order valence-corrected chi connectivity index (χ4v) is 3.14. The van der Waals surface area contributed by atoms with Gasteiger partial charge in [0.15, 0.2) is 11.5 Å². The van der Waals surface area contributed by atoms with Gasteiger partial charge in [-0.2, -0.15) is 0 Å². The highest BCUT2D eigenvalue weighted by Gasteiger charge is 2.38. The molecular weight excluding hydrogens is 336 g/mol. The zero-order valence-corrected chi connectivity index (χ0v) is 14.2. The second kappa shape index (κ2) is 6.59. The van der Waals surface area contributed by atoms with Crippen LogP contribution in [0, 0.1) is 5.92 Å². The minimum Gasteiger partial charge on any atom is -0.497 e. The molecule has 2 aliphatic rings. The van der Waals surface area contributed by atoms with Gasteiger partial charge < -0.3 is 24.4 Å². The molecule has 2 aliphatic heterocycles.